The number of hydrogen-bond acceptors (Lipinski definition) is 9. The molecule has 0 saturated heterocycles. The number of nitrogens with zero attached hydrogens (tertiary/aromatic N) is 2. The predicted octanol–water partition coefficient (Wildman–Crippen LogP) is 2.17. The maximum absolute atomic E-state index is 12.4. The predicted molar refractivity (Wildman–Crippen MR) is 101 cm³/mol. The summed E-state index contributed by atoms with van der Waals surface area (Å²) < 4.78 is 20.7. The maximum atomic E-state index is 12.4. The molecule has 3 rings (SSSR count). The normalized spacial score (nSPS) is 17.3. The van der Waals surface area contributed by atoms with E-state index in [-0.39, 0.29) is 36.0 Å². The zero-order chi connectivity index (χ0) is 21.3. The Bertz CT molecular complexity index is 948. The highest BCUT2D eigenvalue weighted by molar-refractivity contribution is 6.04. The minimum Gasteiger partial charge on any atom is -0.483 e. The molecule has 0 aliphatic carbocycles. The molecule has 0 atom stereocenters. The van der Waals surface area contributed by atoms with E-state index < -0.39 is 22.5 Å². The summed E-state index contributed by atoms with van der Waals surface area (Å²) in [4.78, 5) is 37.0. The molecular weight excluding hydrogens is 384 g/mol. The molecule has 2 heterocycles. The summed E-state index contributed by atoms with van der Waals surface area (Å²) in [5, 5.41) is 11.8. The number of carbonyl (C=O) groups excluding carboxylic acids is 2. The summed E-state index contributed by atoms with van der Waals surface area (Å²) in [6.45, 7) is 3.26. The molecule has 10 heteroatoms. The molecule has 1 aromatic carbocycles. The smallest absolute Gasteiger partial charge is 0.355 e. The molecule has 0 aromatic heterocycles. The Hall–Kier alpha value is -3.40. The number of ether oxygens (including phenoxy) is 4. The number of carbonyl (C=O) groups is 2. The van der Waals surface area contributed by atoms with Gasteiger partial charge in [-0.1, -0.05) is 6.08 Å². The maximum Gasteiger partial charge on any atom is 0.355 e. The van der Waals surface area contributed by atoms with Crippen LogP contribution in [0, 0.1) is 10.1 Å². The van der Waals surface area contributed by atoms with E-state index in [2.05, 4.69) is 0 Å². The fourth-order valence-electron chi connectivity index (χ4n) is 3.10. The zero-order valence-electron chi connectivity index (χ0n) is 16.4. The summed E-state index contributed by atoms with van der Waals surface area (Å²) in [5.41, 5.74) is -0.556. The van der Waals surface area contributed by atoms with E-state index in [9.17, 15) is 19.7 Å². The summed E-state index contributed by atoms with van der Waals surface area (Å²) in [7, 11) is 2.31. The molecular formula is C19H20N2O8. The van der Waals surface area contributed by atoms with Crippen molar-refractivity contribution in [3.8, 4) is 5.75 Å². The van der Waals surface area contributed by atoms with Gasteiger partial charge in [0.05, 0.1) is 37.4 Å². The lowest BCUT2D eigenvalue weighted by Crippen LogP contribution is -2.39. The first-order valence-corrected chi connectivity index (χ1v) is 8.64. The van der Waals surface area contributed by atoms with Gasteiger partial charge in [0.25, 0.3) is 5.69 Å². The fraction of sp³-hybridized carbons (Fsp3) is 0.368. The minimum atomic E-state index is -0.839. The van der Waals surface area contributed by atoms with Crippen molar-refractivity contribution in [3.63, 3.8) is 0 Å². The highest BCUT2D eigenvalue weighted by Crippen LogP contribution is 2.42. The molecule has 0 amide bonds. The number of nitro groups is 1. The van der Waals surface area contributed by atoms with E-state index in [0.29, 0.717) is 11.3 Å². The Kier molecular flexibility index (Phi) is 5.29. The summed E-state index contributed by atoms with van der Waals surface area (Å²) in [6, 6.07) is 2.79. The highest BCUT2D eigenvalue weighted by Gasteiger charge is 2.36. The number of fused-ring (bicyclic) bond motifs is 1. The number of anilines is 1. The molecule has 2 aliphatic heterocycles. The van der Waals surface area contributed by atoms with Gasteiger partial charge in [-0.15, -0.1) is 0 Å². The Balaban J connectivity index is 2.21. The van der Waals surface area contributed by atoms with Gasteiger partial charge in [0, 0.05) is 5.56 Å². The van der Waals surface area contributed by atoms with Gasteiger partial charge >= 0.3 is 11.9 Å². The third-order valence-corrected chi connectivity index (χ3v) is 4.46. The molecule has 29 heavy (non-hydrogen) atoms. The average molecular weight is 404 g/mol. The lowest BCUT2D eigenvalue weighted by atomic mass is 10.0. The van der Waals surface area contributed by atoms with E-state index in [1.807, 2.05) is 19.9 Å². The van der Waals surface area contributed by atoms with Gasteiger partial charge in [-0.2, -0.15) is 0 Å². The van der Waals surface area contributed by atoms with Gasteiger partial charge in [0.15, 0.2) is 0 Å². The first kappa shape index (κ1) is 20.3. The summed E-state index contributed by atoms with van der Waals surface area (Å²) in [5.74, 6) is -1.29. The number of benzene rings is 1. The van der Waals surface area contributed by atoms with Gasteiger partial charge in [-0.05, 0) is 26.0 Å². The molecule has 0 bridgehead atoms. The SMILES string of the molecule is COC(=O)C1=C(C(=O)OC)N(c2cc3c(cc2[N+](=O)[O-])OC(C)(C)C=C3)COC1. The van der Waals surface area contributed by atoms with Gasteiger partial charge in [-0.25, -0.2) is 9.59 Å². The molecule has 0 unspecified atom stereocenters. The van der Waals surface area contributed by atoms with Crippen LogP contribution in [0.5, 0.6) is 5.75 Å². The van der Waals surface area contributed by atoms with Gasteiger partial charge in [0.1, 0.15) is 29.5 Å². The quantitative estimate of drug-likeness (QED) is 0.423. The van der Waals surface area contributed by atoms with Crippen LogP contribution in [-0.4, -0.2) is 50.0 Å². The van der Waals surface area contributed by atoms with E-state index in [4.69, 9.17) is 18.9 Å². The van der Waals surface area contributed by atoms with Crippen molar-refractivity contribution in [2.24, 2.45) is 0 Å². The van der Waals surface area contributed by atoms with Crippen molar-refractivity contribution in [2.45, 2.75) is 19.4 Å². The first-order valence-electron chi connectivity index (χ1n) is 8.64. The van der Waals surface area contributed by atoms with Gasteiger partial charge in [-0.3, -0.25) is 10.1 Å². The van der Waals surface area contributed by atoms with Crippen LogP contribution in [-0.2, 0) is 23.8 Å². The van der Waals surface area contributed by atoms with Gasteiger partial charge < -0.3 is 23.8 Å². The number of methoxy groups -OCH3 is 2. The molecule has 0 fully saturated rings. The van der Waals surface area contributed by atoms with Gasteiger partial charge in [0.2, 0.25) is 0 Å². The van der Waals surface area contributed by atoms with Crippen molar-refractivity contribution in [1.82, 2.24) is 0 Å². The summed E-state index contributed by atoms with van der Waals surface area (Å²) in [6.07, 6.45) is 3.59. The Labute approximate surface area is 166 Å². The Morgan fingerprint density at radius 3 is 2.52 bits per heavy atom. The number of nitro benzene ring substituents is 1. The largest absolute Gasteiger partial charge is 0.483 e. The highest BCUT2D eigenvalue weighted by atomic mass is 16.6. The molecule has 0 spiro atoms. The topological polar surface area (TPSA) is 117 Å². The fourth-order valence-corrected chi connectivity index (χ4v) is 3.10. The summed E-state index contributed by atoms with van der Waals surface area (Å²) >= 11 is 0. The monoisotopic (exact) mass is 404 g/mol. The van der Waals surface area contributed by atoms with Crippen LogP contribution in [0.3, 0.4) is 0 Å². The molecule has 0 saturated carbocycles. The second-order valence-corrected chi connectivity index (χ2v) is 6.89. The second-order valence-electron chi connectivity index (χ2n) is 6.89. The third-order valence-electron chi connectivity index (χ3n) is 4.46. The van der Waals surface area contributed by atoms with Crippen LogP contribution in [0.2, 0.25) is 0 Å². The van der Waals surface area contributed by atoms with Crippen molar-refractivity contribution in [2.75, 3.05) is 32.5 Å². The number of esters is 2. The minimum absolute atomic E-state index is 0.0585. The van der Waals surface area contributed by atoms with Crippen LogP contribution < -0.4 is 9.64 Å². The Morgan fingerprint density at radius 1 is 1.21 bits per heavy atom. The van der Waals surface area contributed by atoms with Crippen molar-refractivity contribution in [1.29, 1.82) is 0 Å². The Morgan fingerprint density at radius 2 is 1.90 bits per heavy atom. The van der Waals surface area contributed by atoms with Crippen LogP contribution in [0.1, 0.15) is 19.4 Å². The molecule has 10 nitrogen and oxygen atoms in total. The van der Waals surface area contributed by atoms with Crippen LogP contribution in [0.25, 0.3) is 6.08 Å². The van der Waals surface area contributed by atoms with E-state index >= 15 is 0 Å². The molecule has 0 radical (unpaired) electrons. The average Bonchev–Trinajstić information content (AvgIpc) is 2.70. The van der Waals surface area contributed by atoms with Crippen LogP contribution >= 0.6 is 0 Å². The van der Waals surface area contributed by atoms with Crippen LogP contribution in [0.4, 0.5) is 11.4 Å². The van der Waals surface area contributed by atoms with E-state index in [1.54, 1.807) is 6.08 Å². The van der Waals surface area contributed by atoms with E-state index in [0.717, 1.165) is 14.2 Å². The molecule has 1 aromatic rings. The van der Waals surface area contributed by atoms with E-state index in [1.165, 1.54) is 17.0 Å². The number of hydrogen-bond donors (Lipinski definition) is 0. The molecule has 0 N–H and O–H groups in total. The van der Waals surface area contributed by atoms with Crippen molar-refractivity contribution in [3.05, 3.63) is 45.2 Å². The van der Waals surface area contributed by atoms with Crippen LogP contribution in [0.15, 0.2) is 29.5 Å². The third kappa shape index (κ3) is 3.79. The standard InChI is InChI=1S/C19H20N2O8/c1-19(2)6-5-11-7-13(14(21(24)25)8-15(11)29-19)20-10-28-9-12(17(22)26-3)16(20)18(23)27-4/h5-8H,9-10H2,1-4H3. The first-order chi connectivity index (χ1) is 13.7. The molecule has 154 valence electrons. The number of rotatable bonds is 4. The van der Waals surface area contributed by atoms with Crippen molar-refractivity contribution < 1.29 is 33.5 Å². The lowest BCUT2D eigenvalue weighted by molar-refractivity contribution is -0.384. The molecule has 2 aliphatic rings. The zero-order valence-corrected chi connectivity index (χ0v) is 16.4. The second kappa shape index (κ2) is 7.55. The van der Waals surface area contributed by atoms with Crippen molar-refractivity contribution >= 4 is 29.4 Å². The lowest BCUT2D eigenvalue weighted by Gasteiger charge is -2.32.